The number of fused-ring (bicyclic) bond motifs is 2. The summed E-state index contributed by atoms with van der Waals surface area (Å²) in [5.74, 6) is 1.25. The Balaban J connectivity index is 1.66. The molecule has 4 rings (SSSR count). The van der Waals surface area contributed by atoms with Crippen LogP contribution in [0.4, 0.5) is 0 Å². The molecule has 1 spiro atoms. The highest BCUT2D eigenvalue weighted by atomic mass is 79.9. The van der Waals surface area contributed by atoms with E-state index < -0.39 is 0 Å². The third kappa shape index (κ3) is 1.60. The monoisotopic (exact) mass is 302 g/mol. The third-order valence-corrected chi connectivity index (χ3v) is 5.26. The van der Waals surface area contributed by atoms with Gasteiger partial charge in [0, 0.05) is 28.7 Å². The molecule has 0 aromatic heterocycles. The molecule has 0 saturated heterocycles. The van der Waals surface area contributed by atoms with Crippen LogP contribution in [0, 0.1) is 17.3 Å². The molecule has 1 saturated carbocycles. The van der Waals surface area contributed by atoms with Crippen LogP contribution >= 0.6 is 15.9 Å². The maximum absolute atomic E-state index is 4.07. The number of hydrogen-bond donors (Lipinski definition) is 0. The van der Waals surface area contributed by atoms with Gasteiger partial charge in [0.15, 0.2) is 0 Å². The summed E-state index contributed by atoms with van der Waals surface area (Å²) in [6.45, 7) is 0. The Bertz CT molecular complexity index is 542. The van der Waals surface area contributed by atoms with Gasteiger partial charge < -0.3 is 0 Å². The SMILES string of the molecule is Brc1ccc2c(c1)CC1(C2)CC2C=NN=CC2C1. The lowest BCUT2D eigenvalue weighted by Crippen LogP contribution is -2.17. The molecule has 1 aromatic carbocycles. The Hall–Kier alpha value is -0.960. The van der Waals surface area contributed by atoms with E-state index in [0.717, 1.165) is 0 Å². The molecule has 1 heterocycles. The molecule has 0 N–H and O–H groups in total. The van der Waals surface area contributed by atoms with Crippen molar-refractivity contribution in [2.24, 2.45) is 27.5 Å². The summed E-state index contributed by atoms with van der Waals surface area (Å²) in [5.41, 5.74) is 3.56. The molecule has 1 aliphatic heterocycles. The summed E-state index contributed by atoms with van der Waals surface area (Å²) in [4.78, 5) is 0. The molecule has 3 heteroatoms. The highest BCUT2D eigenvalue weighted by molar-refractivity contribution is 9.10. The van der Waals surface area contributed by atoms with Crippen molar-refractivity contribution in [2.45, 2.75) is 25.7 Å². The zero-order valence-electron chi connectivity index (χ0n) is 10.1. The van der Waals surface area contributed by atoms with Crippen LogP contribution in [0.15, 0.2) is 32.9 Å². The van der Waals surface area contributed by atoms with Crippen molar-refractivity contribution >= 4 is 28.4 Å². The van der Waals surface area contributed by atoms with Crippen LogP contribution in [-0.4, -0.2) is 12.4 Å². The summed E-state index contributed by atoms with van der Waals surface area (Å²) in [6.07, 6.45) is 9.16. The van der Waals surface area contributed by atoms with Crippen molar-refractivity contribution < 1.29 is 0 Å². The number of nitrogens with zero attached hydrogens (tertiary/aromatic N) is 2. The van der Waals surface area contributed by atoms with Crippen LogP contribution in [0.25, 0.3) is 0 Å². The highest BCUT2D eigenvalue weighted by Gasteiger charge is 2.47. The van der Waals surface area contributed by atoms with Gasteiger partial charge in [0.1, 0.15) is 0 Å². The second kappa shape index (κ2) is 3.77. The van der Waals surface area contributed by atoms with E-state index in [9.17, 15) is 0 Å². The van der Waals surface area contributed by atoms with Crippen molar-refractivity contribution in [3.63, 3.8) is 0 Å². The summed E-state index contributed by atoms with van der Waals surface area (Å²) in [5, 5.41) is 8.15. The van der Waals surface area contributed by atoms with Gasteiger partial charge >= 0.3 is 0 Å². The molecule has 2 unspecified atom stereocenters. The van der Waals surface area contributed by atoms with Crippen molar-refractivity contribution in [1.82, 2.24) is 0 Å². The molecular weight excluding hydrogens is 288 g/mol. The number of rotatable bonds is 0. The van der Waals surface area contributed by atoms with Gasteiger partial charge in [-0.15, -0.1) is 0 Å². The Morgan fingerprint density at radius 3 is 2.39 bits per heavy atom. The minimum absolute atomic E-state index is 0.473. The zero-order chi connectivity index (χ0) is 12.2. The Morgan fingerprint density at radius 2 is 1.67 bits per heavy atom. The van der Waals surface area contributed by atoms with Crippen LogP contribution in [0.3, 0.4) is 0 Å². The highest BCUT2D eigenvalue weighted by Crippen LogP contribution is 2.53. The fourth-order valence-corrected chi connectivity index (χ4v) is 4.46. The molecule has 1 aromatic rings. The predicted octanol–water partition coefficient (Wildman–Crippen LogP) is 3.63. The third-order valence-electron chi connectivity index (χ3n) is 4.77. The van der Waals surface area contributed by atoms with Gasteiger partial charge in [-0.2, -0.15) is 10.2 Å². The molecule has 2 atom stereocenters. The van der Waals surface area contributed by atoms with Gasteiger partial charge in [0.25, 0.3) is 0 Å². The first kappa shape index (κ1) is 10.9. The maximum Gasteiger partial charge on any atom is 0.0307 e. The summed E-state index contributed by atoms with van der Waals surface area (Å²) in [7, 11) is 0. The van der Waals surface area contributed by atoms with E-state index in [1.807, 2.05) is 0 Å². The topological polar surface area (TPSA) is 24.7 Å². The number of benzene rings is 1. The molecule has 92 valence electrons. The second-order valence-corrected chi connectivity index (χ2v) is 6.95. The molecule has 1 fully saturated rings. The summed E-state index contributed by atoms with van der Waals surface area (Å²) >= 11 is 3.58. The summed E-state index contributed by atoms with van der Waals surface area (Å²) < 4.78 is 1.21. The molecule has 3 aliphatic rings. The average molecular weight is 303 g/mol. The Labute approximate surface area is 115 Å². The van der Waals surface area contributed by atoms with Gasteiger partial charge in [-0.05, 0) is 54.4 Å². The van der Waals surface area contributed by atoms with Crippen molar-refractivity contribution in [2.75, 3.05) is 0 Å². The van der Waals surface area contributed by atoms with E-state index in [1.54, 1.807) is 5.56 Å². The van der Waals surface area contributed by atoms with E-state index in [0.29, 0.717) is 17.3 Å². The zero-order valence-corrected chi connectivity index (χ0v) is 11.7. The van der Waals surface area contributed by atoms with E-state index in [-0.39, 0.29) is 0 Å². The molecule has 0 amide bonds. The molecule has 0 radical (unpaired) electrons. The quantitative estimate of drug-likeness (QED) is 0.699. The molecule has 18 heavy (non-hydrogen) atoms. The maximum atomic E-state index is 4.07. The summed E-state index contributed by atoms with van der Waals surface area (Å²) in [6, 6.07) is 6.76. The smallest absolute Gasteiger partial charge is 0.0307 e. The Morgan fingerprint density at radius 1 is 1.00 bits per heavy atom. The van der Waals surface area contributed by atoms with Crippen molar-refractivity contribution in [3.05, 3.63) is 33.8 Å². The minimum Gasteiger partial charge on any atom is -0.164 e. The van der Waals surface area contributed by atoms with Crippen LogP contribution in [0.2, 0.25) is 0 Å². The fraction of sp³-hybridized carbons (Fsp3) is 0.467. The number of halogens is 1. The number of hydrogen-bond acceptors (Lipinski definition) is 2. The van der Waals surface area contributed by atoms with Gasteiger partial charge in [0.2, 0.25) is 0 Å². The van der Waals surface area contributed by atoms with Gasteiger partial charge in [-0.25, -0.2) is 0 Å². The molecular formula is C15H15BrN2. The Kier molecular flexibility index (Phi) is 2.28. The first-order valence-electron chi connectivity index (χ1n) is 6.58. The molecule has 2 nitrogen and oxygen atoms in total. The minimum atomic E-state index is 0.473. The van der Waals surface area contributed by atoms with Gasteiger partial charge in [0.05, 0.1) is 0 Å². The molecule has 2 aliphatic carbocycles. The lowest BCUT2D eigenvalue weighted by Gasteiger charge is -2.22. The van der Waals surface area contributed by atoms with E-state index in [1.165, 1.54) is 35.7 Å². The van der Waals surface area contributed by atoms with E-state index >= 15 is 0 Å². The average Bonchev–Trinajstić information content (AvgIpc) is 2.87. The van der Waals surface area contributed by atoms with E-state index in [4.69, 9.17) is 0 Å². The van der Waals surface area contributed by atoms with E-state index in [2.05, 4.69) is 56.8 Å². The largest absolute Gasteiger partial charge is 0.164 e. The van der Waals surface area contributed by atoms with Gasteiger partial charge in [-0.1, -0.05) is 22.0 Å². The normalized spacial score (nSPS) is 36.1. The van der Waals surface area contributed by atoms with Crippen LogP contribution in [-0.2, 0) is 12.8 Å². The first-order valence-corrected chi connectivity index (χ1v) is 7.37. The van der Waals surface area contributed by atoms with Crippen LogP contribution in [0.1, 0.15) is 24.0 Å². The lowest BCUT2D eigenvalue weighted by atomic mass is 9.82. The van der Waals surface area contributed by atoms with Crippen LogP contribution in [0.5, 0.6) is 0 Å². The predicted molar refractivity (Wildman–Crippen MR) is 77.2 cm³/mol. The lowest BCUT2D eigenvalue weighted by molar-refractivity contribution is 0.310. The second-order valence-electron chi connectivity index (χ2n) is 6.03. The van der Waals surface area contributed by atoms with Gasteiger partial charge in [-0.3, -0.25) is 0 Å². The van der Waals surface area contributed by atoms with Crippen molar-refractivity contribution in [3.8, 4) is 0 Å². The van der Waals surface area contributed by atoms with Crippen LogP contribution < -0.4 is 0 Å². The molecule has 0 bridgehead atoms. The fourth-order valence-electron chi connectivity index (χ4n) is 4.05. The standard InChI is InChI=1S/C15H15BrN2/c16-14-2-1-10-4-15(5-11(10)3-14)6-12-8-17-18-9-13(12)7-15/h1-3,8-9,12-13H,4-7H2. The first-order chi connectivity index (χ1) is 8.74. The van der Waals surface area contributed by atoms with Crippen molar-refractivity contribution in [1.29, 1.82) is 0 Å².